The number of fused-ring (bicyclic) bond motifs is 1. The Morgan fingerprint density at radius 2 is 2.07 bits per heavy atom. The lowest BCUT2D eigenvalue weighted by atomic mass is 10.1. The van der Waals surface area contributed by atoms with Crippen LogP contribution in [-0.4, -0.2) is 34.8 Å². The number of hydrogen-bond acceptors (Lipinski definition) is 4. The van der Waals surface area contributed by atoms with Gasteiger partial charge in [0.15, 0.2) is 5.13 Å². The number of anilines is 1. The zero-order valence-corrected chi connectivity index (χ0v) is 16.1. The van der Waals surface area contributed by atoms with Crippen LogP contribution in [-0.2, 0) is 16.0 Å². The van der Waals surface area contributed by atoms with E-state index in [2.05, 4.69) is 10.3 Å². The van der Waals surface area contributed by atoms with Crippen molar-refractivity contribution in [1.82, 2.24) is 9.88 Å². The molecule has 0 radical (unpaired) electrons. The standard InChI is InChI=1S/C20H18ClN3O2S/c21-15-6-7-16-17(11-15)27-20(22-16)23-19(26)14-10-18(25)24(12-14)9-8-13-4-2-1-3-5-13/h1-7,11,14H,8-10,12H2,(H,22,23,26)/t14-/m0/s1. The van der Waals surface area contributed by atoms with Crippen LogP contribution < -0.4 is 5.32 Å². The lowest BCUT2D eigenvalue weighted by molar-refractivity contribution is -0.128. The van der Waals surface area contributed by atoms with Crippen molar-refractivity contribution in [2.45, 2.75) is 12.8 Å². The molecular formula is C20H18ClN3O2S. The van der Waals surface area contributed by atoms with Gasteiger partial charge in [0.1, 0.15) is 0 Å². The van der Waals surface area contributed by atoms with Crippen molar-refractivity contribution in [3.8, 4) is 0 Å². The topological polar surface area (TPSA) is 62.3 Å². The fourth-order valence-electron chi connectivity index (χ4n) is 3.23. The number of thiazole rings is 1. The Bertz CT molecular complexity index is 989. The second-order valence-corrected chi connectivity index (χ2v) is 8.06. The largest absolute Gasteiger partial charge is 0.342 e. The highest BCUT2D eigenvalue weighted by Crippen LogP contribution is 2.29. The highest BCUT2D eigenvalue weighted by molar-refractivity contribution is 7.22. The third-order valence-electron chi connectivity index (χ3n) is 4.68. The van der Waals surface area contributed by atoms with Crippen molar-refractivity contribution in [1.29, 1.82) is 0 Å². The molecule has 2 aromatic carbocycles. The summed E-state index contributed by atoms with van der Waals surface area (Å²) < 4.78 is 0.921. The van der Waals surface area contributed by atoms with E-state index in [4.69, 9.17) is 11.6 Å². The minimum Gasteiger partial charge on any atom is -0.342 e. The third-order valence-corrected chi connectivity index (χ3v) is 5.85. The quantitative estimate of drug-likeness (QED) is 0.705. The second kappa shape index (κ2) is 7.66. The van der Waals surface area contributed by atoms with Crippen LogP contribution >= 0.6 is 22.9 Å². The predicted octanol–water partition coefficient (Wildman–Crippen LogP) is 3.98. The van der Waals surface area contributed by atoms with E-state index in [1.165, 1.54) is 16.9 Å². The van der Waals surface area contributed by atoms with Gasteiger partial charge in [0.2, 0.25) is 11.8 Å². The fourth-order valence-corrected chi connectivity index (χ4v) is 4.38. The number of aromatic nitrogens is 1. The zero-order chi connectivity index (χ0) is 18.8. The van der Waals surface area contributed by atoms with E-state index in [9.17, 15) is 9.59 Å². The molecule has 27 heavy (non-hydrogen) atoms. The van der Waals surface area contributed by atoms with E-state index in [0.717, 1.165) is 16.6 Å². The molecule has 1 atom stereocenters. The summed E-state index contributed by atoms with van der Waals surface area (Å²) in [5.41, 5.74) is 1.98. The summed E-state index contributed by atoms with van der Waals surface area (Å²) in [6.07, 6.45) is 1.04. The molecule has 2 heterocycles. The summed E-state index contributed by atoms with van der Waals surface area (Å²) in [4.78, 5) is 31.0. The van der Waals surface area contributed by atoms with Gasteiger partial charge < -0.3 is 10.2 Å². The van der Waals surface area contributed by atoms with Crippen LogP contribution in [0.1, 0.15) is 12.0 Å². The van der Waals surface area contributed by atoms with E-state index in [1.54, 1.807) is 11.0 Å². The fraction of sp³-hybridized carbons (Fsp3) is 0.250. The van der Waals surface area contributed by atoms with Gasteiger partial charge in [-0.3, -0.25) is 9.59 Å². The highest BCUT2D eigenvalue weighted by atomic mass is 35.5. The van der Waals surface area contributed by atoms with Crippen molar-refractivity contribution >= 4 is 50.1 Å². The number of carbonyl (C=O) groups excluding carboxylic acids is 2. The van der Waals surface area contributed by atoms with Gasteiger partial charge in [0.05, 0.1) is 16.1 Å². The average molecular weight is 400 g/mol. The summed E-state index contributed by atoms with van der Waals surface area (Å²) in [7, 11) is 0. The third kappa shape index (κ3) is 4.12. The molecule has 2 amide bonds. The van der Waals surface area contributed by atoms with Gasteiger partial charge in [-0.2, -0.15) is 0 Å². The van der Waals surface area contributed by atoms with Crippen molar-refractivity contribution < 1.29 is 9.59 Å². The van der Waals surface area contributed by atoms with Crippen molar-refractivity contribution in [2.24, 2.45) is 5.92 Å². The molecule has 1 aliphatic rings. The van der Waals surface area contributed by atoms with E-state index in [0.29, 0.717) is 23.2 Å². The molecule has 0 spiro atoms. The van der Waals surface area contributed by atoms with E-state index in [1.807, 2.05) is 42.5 Å². The molecule has 0 aliphatic carbocycles. The van der Waals surface area contributed by atoms with Crippen LogP contribution in [0.3, 0.4) is 0 Å². The van der Waals surface area contributed by atoms with E-state index >= 15 is 0 Å². The summed E-state index contributed by atoms with van der Waals surface area (Å²) in [5.74, 6) is -0.471. The first-order valence-corrected chi connectivity index (χ1v) is 9.96. The Hall–Kier alpha value is -2.44. The molecule has 4 rings (SSSR count). The number of nitrogens with one attached hydrogen (secondary N) is 1. The van der Waals surface area contributed by atoms with E-state index in [-0.39, 0.29) is 24.2 Å². The molecule has 1 saturated heterocycles. The van der Waals surface area contributed by atoms with Gasteiger partial charge in [0, 0.05) is 24.5 Å². The Morgan fingerprint density at radius 3 is 2.89 bits per heavy atom. The van der Waals surface area contributed by atoms with Gasteiger partial charge in [-0.1, -0.05) is 53.3 Å². The van der Waals surface area contributed by atoms with Crippen LogP contribution in [0.4, 0.5) is 5.13 Å². The van der Waals surface area contributed by atoms with Gasteiger partial charge in [-0.05, 0) is 30.2 Å². The number of nitrogens with zero attached hydrogens (tertiary/aromatic N) is 2. The Balaban J connectivity index is 1.36. The second-order valence-electron chi connectivity index (χ2n) is 6.60. The number of halogens is 1. The minimum absolute atomic E-state index is 0.0298. The molecular weight excluding hydrogens is 382 g/mol. The zero-order valence-electron chi connectivity index (χ0n) is 14.5. The number of likely N-dealkylation sites (tertiary alicyclic amines) is 1. The first-order chi connectivity index (χ1) is 13.1. The highest BCUT2D eigenvalue weighted by Gasteiger charge is 2.34. The first-order valence-electron chi connectivity index (χ1n) is 8.77. The average Bonchev–Trinajstić information content (AvgIpc) is 3.23. The maximum atomic E-state index is 12.6. The van der Waals surface area contributed by atoms with Gasteiger partial charge >= 0.3 is 0 Å². The van der Waals surface area contributed by atoms with Crippen LogP contribution in [0, 0.1) is 5.92 Å². The Kier molecular flexibility index (Phi) is 5.09. The van der Waals surface area contributed by atoms with Crippen molar-refractivity contribution in [3.05, 3.63) is 59.1 Å². The lowest BCUT2D eigenvalue weighted by Gasteiger charge is -2.16. The first kappa shape index (κ1) is 17.9. The maximum absolute atomic E-state index is 12.6. The molecule has 138 valence electrons. The summed E-state index contributed by atoms with van der Waals surface area (Å²) in [6, 6.07) is 15.5. The van der Waals surface area contributed by atoms with Crippen LogP contribution in [0.15, 0.2) is 48.5 Å². The summed E-state index contributed by atoms with van der Waals surface area (Å²) in [6.45, 7) is 1.08. The summed E-state index contributed by atoms with van der Waals surface area (Å²) >= 11 is 7.37. The van der Waals surface area contributed by atoms with Gasteiger partial charge in [-0.25, -0.2) is 4.98 Å². The number of benzene rings is 2. The van der Waals surface area contributed by atoms with Crippen LogP contribution in [0.2, 0.25) is 5.02 Å². The molecule has 0 unspecified atom stereocenters. The molecule has 7 heteroatoms. The molecule has 1 fully saturated rings. The van der Waals surface area contributed by atoms with Gasteiger partial charge in [-0.15, -0.1) is 0 Å². The lowest BCUT2D eigenvalue weighted by Crippen LogP contribution is -2.30. The number of hydrogen-bond donors (Lipinski definition) is 1. The molecule has 1 N–H and O–H groups in total. The normalized spacial score (nSPS) is 16.9. The smallest absolute Gasteiger partial charge is 0.231 e. The number of carbonyl (C=O) groups is 2. The SMILES string of the molecule is O=C(Nc1nc2ccc(Cl)cc2s1)[C@H]1CC(=O)N(CCc2ccccc2)C1. The Labute approximate surface area is 166 Å². The van der Waals surface area contributed by atoms with Crippen molar-refractivity contribution in [2.75, 3.05) is 18.4 Å². The monoisotopic (exact) mass is 399 g/mol. The van der Waals surface area contributed by atoms with Crippen LogP contribution in [0.5, 0.6) is 0 Å². The maximum Gasteiger partial charge on any atom is 0.231 e. The predicted molar refractivity (Wildman–Crippen MR) is 108 cm³/mol. The molecule has 5 nitrogen and oxygen atoms in total. The number of rotatable bonds is 5. The molecule has 3 aromatic rings. The molecule has 0 bridgehead atoms. The van der Waals surface area contributed by atoms with Crippen molar-refractivity contribution in [3.63, 3.8) is 0 Å². The minimum atomic E-state index is -0.344. The van der Waals surface area contributed by atoms with Gasteiger partial charge in [0.25, 0.3) is 0 Å². The summed E-state index contributed by atoms with van der Waals surface area (Å²) in [5, 5.41) is 4.03. The molecule has 1 aliphatic heterocycles. The number of amides is 2. The molecule has 1 aromatic heterocycles. The van der Waals surface area contributed by atoms with E-state index < -0.39 is 0 Å². The van der Waals surface area contributed by atoms with Crippen LogP contribution in [0.25, 0.3) is 10.2 Å². The molecule has 0 saturated carbocycles. The Morgan fingerprint density at radius 1 is 1.26 bits per heavy atom.